The Kier molecular flexibility index (Phi) is 7.24. The standard InChI is InChI=1S/C19H22ClFN2O3/c1-13-10-16(18(25-3)11-14(13)20)22-19(24)12-23(2)8-9-26-17-7-5-4-6-15(17)21/h4-7,10-11H,8-9,12H2,1-3H3,(H,22,24). The van der Waals surface area contributed by atoms with Gasteiger partial charge in [0, 0.05) is 17.6 Å². The molecule has 2 rings (SSSR count). The number of anilines is 1. The molecule has 7 heteroatoms. The molecule has 0 aliphatic rings. The van der Waals surface area contributed by atoms with E-state index in [9.17, 15) is 9.18 Å². The first-order valence-corrected chi connectivity index (χ1v) is 8.48. The molecule has 2 aromatic carbocycles. The number of nitrogens with one attached hydrogen (secondary N) is 1. The van der Waals surface area contributed by atoms with Crippen LogP contribution < -0.4 is 14.8 Å². The Labute approximate surface area is 157 Å². The summed E-state index contributed by atoms with van der Waals surface area (Å²) >= 11 is 6.06. The lowest BCUT2D eigenvalue weighted by Gasteiger charge is -2.18. The van der Waals surface area contributed by atoms with Crippen LogP contribution in [0.25, 0.3) is 0 Å². The fourth-order valence-corrected chi connectivity index (χ4v) is 2.47. The second-order valence-electron chi connectivity index (χ2n) is 5.87. The lowest BCUT2D eigenvalue weighted by atomic mass is 10.2. The van der Waals surface area contributed by atoms with Crippen molar-refractivity contribution in [1.82, 2.24) is 4.90 Å². The van der Waals surface area contributed by atoms with E-state index < -0.39 is 5.82 Å². The topological polar surface area (TPSA) is 50.8 Å². The van der Waals surface area contributed by atoms with E-state index in [4.69, 9.17) is 21.1 Å². The SMILES string of the molecule is COc1cc(Cl)c(C)cc1NC(=O)CN(C)CCOc1ccccc1F. The number of ether oxygens (including phenoxy) is 2. The number of halogens is 2. The monoisotopic (exact) mass is 380 g/mol. The first kappa shape index (κ1) is 20.0. The molecular weight excluding hydrogens is 359 g/mol. The van der Waals surface area contributed by atoms with Crippen LogP contribution in [0.5, 0.6) is 11.5 Å². The quantitative estimate of drug-likeness (QED) is 0.757. The van der Waals surface area contributed by atoms with Crippen molar-refractivity contribution in [2.24, 2.45) is 0 Å². The maximum absolute atomic E-state index is 13.5. The molecule has 0 bridgehead atoms. The summed E-state index contributed by atoms with van der Waals surface area (Å²) in [6.07, 6.45) is 0. The van der Waals surface area contributed by atoms with Gasteiger partial charge in [-0.15, -0.1) is 0 Å². The van der Waals surface area contributed by atoms with Gasteiger partial charge in [0.05, 0.1) is 19.3 Å². The molecule has 1 amide bonds. The number of methoxy groups -OCH3 is 1. The first-order valence-electron chi connectivity index (χ1n) is 8.10. The van der Waals surface area contributed by atoms with Gasteiger partial charge in [-0.25, -0.2) is 4.39 Å². The normalized spacial score (nSPS) is 10.7. The van der Waals surface area contributed by atoms with Crippen LogP contribution in [-0.4, -0.2) is 44.7 Å². The fourth-order valence-electron chi connectivity index (χ4n) is 2.32. The predicted molar refractivity (Wildman–Crippen MR) is 101 cm³/mol. The predicted octanol–water partition coefficient (Wildman–Crippen LogP) is 3.75. The van der Waals surface area contributed by atoms with E-state index in [2.05, 4.69) is 5.32 Å². The molecule has 26 heavy (non-hydrogen) atoms. The van der Waals surface area contributed by atoms with Gasteiger partial charge in [-0.2, -0.15) is 0 Å². The lowest BCUT2D eigenvalue weighted by Crippen LogP contribution is -2.33. The Balaban J connectivity index is 1.84. The zero-order valence-electron chi connectivity index (χ0n) is 15.0. The third-order valence-corrected chi connectivity index (χ3v) is 4.14. The summed E-state index contributed by atoms with van der Waals surface area (Å²) in [4.78, 5) is 14.0. The molecule has 5 nitrogen and oxygen atoms in total. The van der Waals surface area contributed by atoms with Crippen LogP contribution in [0.4, 0.5) is 10.1 Å². The van der Waals surface area contributed by atoms with Gasteiger partial charge in [0.15, 0.2) is 11.6 Å². The summed E-state index contributed by atoms with van der Waals surface area (Å²) in [7, 11) is 3.30. The Hall–Kier alpha value is -2.31. The summed E-state index contributed by atoms with van der Waals surface area (Å²) in [5.41, 5.74) is 1.41. The summed E-state index contributed by atoms with van der Waals surface area (Å²) in [5, 5.41) is 3.38. The van der Waals surface area contributed by atoms with Gasteiger partial charge < -0.3 is 14.8 Å². The van der Waals surface area contributed by atoms with Crippen molar-refractivity contribution in [2.75, 3.05) is 39.2 Å². The molecule has 1 N–H and O–H groups in total. The molecule has 0 aromatic heterocycles. The molecule has 0 heterocycles. The minimum absolute atomic E-state index is 0.158. The van der Waals surface area contributed by atoms with Crippen LogP contribution >= 0.6 is 11.6 Å². The van der Waals surface area contributed by atoms with Gasteiger partial charge in [0.25, 0.3) is 0 Å². The molecule has 0 radical (unpaired) electrons. The number of nitrogens with zero attached hydrogens (tertiary/aromatic N) is 1. The average molecular weight is 381 g/mol. The Morgan fingerprint density at radius 3 is 2.69 bits per heavy atom. The minimum atomic E-state index is -0.405. The number of benzene rings is 2. The molecule has 0 aliphatic carbocycles. The number of carbonyl (C=O) groups excluding carboxylic acids is 1. The molecule has 0 spiro atoms. The van der Waals surface area contributed by atoms with Crippen molar-refractivity contribution in [3.05, 3.63) is 52.8 Å². The zero-order chi connectivity index (χ0) is 19.1. The summed E-state index contributed by atoms with van der Waals surface area (Å²) in [5.74, 6) is 0.0998. The first-order chi connectivity index (χ1) is 12.4. The van der Waals surface area contributed by atoms with E-state index >= 15 is 0 Å². The van der Waals surface area contributed by atoms with Crippen molar-refractivity contribution >= 4 is 23.2 Å². The molecule has 0 saturated heterocycles. The van der Waals surface area contributed by atoms with E-state index in [1.165, 1.54) is 13.2 Å². The van der Waals surface area contributed by atoms with Crippen molar-refractivity contribution < 1.29 is 18.7 Å². The average Bonchev–Trinajstić information content (AvgIpc) is 2.59. The zero-order valence-corrected chi connectivity index (χ0v) is 15.8. The van der Waals surface area contributed by atoms with Gasteiger partial charge in [0.2, 0.25) is 5.91 Å². The molecule has 0 atom stereocenters. The highest BCUT2D eigenvalue weighted by Gasteiger charge is 2.12. The van der Waals surface area contributed by atoms with Crippen molar-refractivity contribution in [3.63, 3.8) is 0 Å². The number of hydrogen-bond acceptors (Lipinski definition) is 4. The minimum Gasteiger partial charge on any atom is -0.495 e. The molecule has 0 saturated carbocycles. The maximum Gasteiger partial charge on any atom is 0.238 e. The lowest BCUT2D eigenvalue weighted by molar-refractivity contribution is -0.117. The molecule has 0 aliphatic heterocycles. The highest BCUT2D eigenvalue weighted by atomic mass is 35.5. The van der Waals surface area contributed by atoms with Crippen LogP contribution in [-0.2, 0) is 4.79 Å². The Bertz CT molecular complexity index is 770. The van der Waals surface area contributed by atoms with Crippen LogP contribution in [0, 0.1) is 12.7 Å². The van der Waals surface area contributed by atoms with E-state index in [0.29, 0.717) is 23.0 Å². The van der Waals surface area contributed by atoms with Gasteiger partial charge in [0.1, 0.15) is 12.4 Å². The smallest absolute Gasteiger partial charge is 0.238 e. The maximum atomic E-state index is 13.5. The molecule has 0 fully saturated rings. The van der Waals surface area contributed by atoms with E-state index in [1.54, 1.807) is 42.3 Å². The second-order valence-corrected chi connectivity index (χ2v) is 6.27. The van der Waals surface area contributed by atoms with Gasteiger partial charge in [-0.3, -0.25) is 9.69 Å². The third-order valence-electron chi connectivity index (χ3n) is 3.74. The summed E-state index contributed by atoms with van der Waals surface area (Å²) in [6, 6.07) is 9.65. The van der Waals surface area contributed by atoms with Crippen LogP contribution in [0.15, 0.2) is 36.4 Å². The van der Waals surface area contributed by atoms with Gasteiger partial charge in [-0.1, -0.05) is 23.7 Å². The molecule has 140 valence electrons. The van der Waals surface area contributed by atoms with E-state index in [1.807, 2.05) is 6.92 Å². The van der Waals surface area contributed by atoms with E-state index in [-0.39, 0.29) is 24.8 Å². The number of aryl methyl sites for hydroxylation is 1. The fraction of sp³-hybridized carbons (Fsp3) is 0.316. The largest absolute Gasteiger partial charge is 0.495 e. The number of hydrogen-bond donors (Lipinski definition) is 1. The number of amides is 1. The number of rotatable bonds is 8. The molecule has 0 unspecified atom stereocenters. The summed E-state index contributed by atoms with van der Waals surface area (Å²) in [6.45, 7) is 2.75. The van der Waals surface area contributed by atoms with Gasteiger partial charge >= 0.3 is 0 Å². The third kappa shape index (κ3) is 5.61. The van der Waals surface area contributed by atoms with Crippen molar-refractivity contribution in [3.8, 4) is 11.5 Å². The number of para-hydroxylation sites is 1. The summed E-state index contributed by atoms with van der Waals surface area (Å²) < 4.78 is 24.1. The van der Waals surface area contributed by atoms with E-state index in [0.717, 1.165) is 5.56 Å². The van der Waals surface area contributed by atoms with Crippen molar-refractivity contribution in [1.29, 1.82) is 0 Å². The Morgan fingerprint density at radius 2 is 2.00 bits per heavy atom. The second kappa shape index (κ2) is 9.40. The van der Waals surface area contributed by atoms with Gasteiger partial charge in [-0.05, 0) is 37.7 Å². The van der Waals surface area contributed by atoms with Crippen LogP contribution in [0.1, 0.15) is 5.56 Å². The molecule has 2 aromatic rings. The highest BCUT2D eigenvalue weighted by molar-refractivity contribution is 6.31. The Morgan fingerprint density at radius 1 is 1.27 bits per heavy atom. The number of carbonyl (C=O) groups is 1. The van der Waals surface area contributed by atoms with Crippen LogP contribution in [0.3, 0.4) is 0 Å². The van der Waals surface area contributed by atoms with Crippen LogP contribution in [0.2, 0.25) is 5.02 Å². The molecular formula is C19H22ClFN2O3. The number of likely N-dealkylation sites (N-methyl/N-ethyl adjacent to an activating group) is 1. The highest BCUT2D eigenvalue weighted by Crippen LogP contribution is 2.30. The van der Waals surface area contributed by atoms with Crippen molar-refractivity contribution in [2.45, 2.75) is 6.92 Å².